The third-order valence-electron chi connectivity index (χ3n) is 1.26. The number of halogens is 1. The topological polar surface area (TPSA) is 66.8 Å². The van der Waals surface area contributed by atoms with Crippen molar-refractivity contribution in [1.82, 2.24) is 0 Å². The molecule has 0 spiro atoms. The fourth-order valence-electron chi connectivity index (χ4n) is 0.590. The van der Waals surface area contributed by atoms with E-state index in [-0.39, 0.29) is 6.61 Å². The summed E-state index contributed by atoms with van der Waals surface area (Å²) < 4.78 is 17.2. The van der Waals surface area contributed by atoms with Gasteiger partial charge in [-0.25, -0.2) is 9.18 Å². The van der Waals surface area contributed by atoms with Crippen LogP contribution in [0.15, 0.2) is 12.2 Å². The van der Waals surface area contributed by atoms with Crippen molar-refractivity contribution in [3.05, 3.63) is 12.2 Å². The molecule has 0 aromatic carbocycles. The highest BCUT2D eigenvalue weighted by Crippen LogP contribution is 2.00. The van der Waals surface area contributed by atoms with Crippen molar-refractivity contribution in [3.63, 3.8) is 0 Å². The number of alkyl halides is 1. The smallest absolute Gasteiger partial charge is 0.330 e. The molecule has 0 aliphatic carbocycles. The fraction of sp³-hybridized carbons (Fsp3) is 0.625. The highest BCUT2D eigenvalue weighted by molar-refractivity contribution is 5.81. The van der Waals surface area contributed by atoms with Crippen LogP contribution in [0.1, 0.15) is 6.92 Å². The molecule has 0 unspecified atom stereocenters. The molecule has 0 aliphatic rings. The second kappa shape index (κ2) is 6.56. The average Bonchev–Trinajstić information content (AvgIpc) is 2.13. The van der Waals surface area contributed by atoms with Crippen LogP contribution in [0.2, 0.25) is 0 Å². The highest BCUT2D eigenvalue weighted by Gasteiger charge is 2.13. The van der Waals surface area contributed by atoms with E-state index in [1.54, 1.807) is 6.92 Å². The van der Waals surface area contributed by atoms with Gasteiger partial charge in [0.05, 0.1) is 13.2 Å². The lowest BCUT2D eigenvalue weighted by Gasteiger charge is -2.07. The van der Waals surface area contributed by atoms with Gasteiger partial charge in [-0.15, -0.1) is 0 Å². The SMILES string of the molecule is CCOC(=O)/C=C/[C@H](F)[C@H](O)CO. The summed E-state index contributed by atoms with van der Waals surface area (Å²) in [5.41, 5.74) is 0. The average molecular weight is 192 g/mol. The molecule has 2 atom stereocenters. The van der Waals surface area contributed by atoms with E-state index in [2.05, 4.69) is 4.74 Å². The minimum Gasteiger partial charge on any atom is -0.463 e. The van der Waals surface area contributed by atoms with Gasteiger partial charge >= 0.3 is 5.97 Å². The zero-order chi connectivity index (χ0) is 10.3. The Morgan fingerprint density at radius 3 is 2.77 bits per heavy atom. The molecule has 13 heavy (non-hydrogen) atoms. The van der Waals surface area contributed by atoms with E-state index in [4.69, 9.17) is 10.2 Å². The van der Waals surface area contributed by atoms with Crippen LogP contribution in [0.4, 0.5) is 4.39 Å². The molecule has 4 nitrogen and oxygen atoms in total. The van der Waals surface area contributed by atoms with Gasteiger partial charge in [0, 0.05) is 6.08 Å². The zero-order valence-corrected chi connectivity index (χ0v) is 7.31. The third-order valence-corrected chi connectivity index (χ3v) is 1.26. The standard InChI is InChI=1S/C8H13FO4/c1-2-13-8(12)4-3-6(9)7(11)5-10/h3-4,6-7,10-11H,2,5H2,1H3/b4-3+/t6-,7+/m0/s1. The van der Waals surface area contributed by atoms with Gasteiger partial charge in [-0.1, -0.05) is 0 Å². The van der Waals surface area contributed by atoms with Gasteiger partial charge in [0.2, 0.25) is 0 Å². The molecule has 0 aliphatic heterocycles. The molecule has 0 aromatic heterocycles. The number of rotatable bonds is 5. The van der Waals surface area contributed by atoms with Gasteiger partial charge in [0.1, 0.15) is 12.3 Å². The molecule has 5 heteroatoms. The normalized spacial score (nSPS) is 15.7. The molecule has 0 fully saturated rings. The summed E-state index contributed by atoms with van der Waals surface area (Å²) in [4.78, 5) is 10.6. The van der Waals surface area contributed by atoms with E-state index in [9.17, 15) is 9.18 Å². The van der Waals surface area contributed by atoms with Crippen LogP contribution in [0.25, 0.3) is 0 Å². The van der Waals surface area contributed by atoms with Crippen LogP contribution in [-0.4, -0.2) is 41.7 Å². The number of esters is 1. The predicted molar refractivity (Wildman–Crippen MR) is 43.8 cm³/mol. The number of hydrogen-bond donors (Lipinski definition) is 2. The van der Waals surface area contributed by atoms with Crippen molar-refractivity contribution >= 4 is 5.97 Å². The van der Waals surface area contributed by atoms with Gasteiger partial charge < -0.3 is 14.9 Å². The third kappa shape index (κ3) is 5.32. The Hall–Kier alpha value is -0.940. The lowest BCUT2D eigenvalue weighted by Crippen LogP contribution is -2.23. The van der Waals surface area contributed by atoms with Gasteiger partial charge in [0.25, 0.3) is 0 Å². The van der Waals surface area contributed by atoms with Crippen molar-refractivity contribution in [2.45, 2.75) is 19.2 Å². The quantitative estimate of drug-likeness (QED) is 0.467. The molecule has 0 saturated heterocycles. The maximum absolute atomic E-state index is 12.7. The summed E-state index contributed by atoms with van der Waals surface area (Å²) in [6.45, 7) is 1.15. The van der Waals surface area contributed by atoms with E-state index >= 15 is 0 Å². The Morgan fingerprint density at radius 2 is 2.31 bits per heavy atom. The van der Waals surface area contributed by atoms with E-state index in [1.807, 2.05) is 0 Å². The van der Waals surface area contributed by atoms with Gasteiger partial charge in [-0.3, -0.25) is 0 Å². The molecule has 0 bridgehead atoms. The first-order chi connectivity index (χ1) is 6.11. The second-order valence-corrected chi connectivity index (χ2v) is 2.31. The number of carbonyl (C=O) groups excluding carboxylic acids is 1. The molecule has 0 radical (unpaired) electrons. The zero-order valence-electron chi connectivity index (χ0n) is 7.31. The van der Waals surface area contributed by atoms with Crippen molar-refractivity contribution in [2.24, 2.45) is 0 Å². The molecule has 2 N–H and O–H groups in total. The van der Waals surface area contributed by atoms with Gasteiger partial charge in [-0.05, 0) is 13.0 Å². The summed E-state index contributed by atoms with van der Waals surface area (Å²) in [5.74, 6) is -0.671. The van der Waals surface area contributed by atoms with E-state index in [0.717, 1.165) is 12.2 Å². The monoisotopic (exact) mass is 192 g/mol. The van der Waals surface area contributed by atoms with Crippen molar-refractivity contribution in [1.29, 1.82) is 0 Å². The van der Waals surface area contributed by atoms with Crippen molar-refractivity contribution in [2.75, 3.05) is 13.2 Å². The molecule has 0 heterocycles. The molecule has 0 rings (SSSR count). The van der Waals surface area contributed by atoms with Crippen molar-refractivity contribution < 1.29 is 24.1 Å². The summed E-state index contributed by atoms with van der Waals surface area (Å²) in [7, 11) is 0. The van der Waals surface area contributed by atoms with Crippen LogP contribution in [-0.2, 0) is 9.53 Å². The van der Waals surface area contributed by atoms with E-state index < -0.39 is 24.9 Å². The number of hydrogen-bond acceptors (Lipinski definition) is 4. The predicted octanol–water partition coefficient (Wildman–Crippen LogP) is -0.203. The van der Waals surface area contributed by atoms with E-state index in [0.29, 0.717) is 0 Å². The van der Waals surface area contributed by atoms with E-state index in [1.165, 1.54) is 0 Å². The Bertz CT molecular complexity index is 181. The van der Waals surface area contributed by atoms with Gasteiger partial charge in [-0.2, -0.15) is 0 Å². The Kier molecular flexibility index (Phi) is 6.09. The van der Waals surface area contributed by atoms with Crippen LogP contribution >= 0.6 is 0 Å². The van der Waals surface area contributed by atoms with Crippen LogP contribution in [0, 0.1) is 0 Å². The summed E-state index contributed by atoms with van der Waals surface area (Å²) in [5, 5.41) is 17.1. The lowest BCUT2D eigenvalue weighted by atomic mass is 10.2. The second-order valence-electron chi connectivity index (χ2n) is 2.31. The van der Waals surface area contributed by atoms with Crippen LogP contribution < -0.4 is 0 Å². The van der Waals surface area contributed by atoms with Crippen LogP contribution in [0.3, 0.4) is 0 Å². The fourth-order valence-corrected chi connectivity index (χ4v) is 0.590. The number of ether oxygens (including phenoxy) is 1. The molecular weight excluding hydrogens is 179 g/mol. The molecule has 0 saturated carbocycles. The Morgan fingerprint density at radius 1 is 1.69 bits per heavy atom. The highest BCUT2D eigenvalue weighted by atomic mass is 19.1. The summed E-state index contributed by atoms with van der Waals surface area (Å²) in [6.07, 6.45) is -1.52. The first kappa shape index (κ1) is 12.1. The molecule has 0 amide bonds. The van der Waals surface area contributed by atoms with Crippen LogP contribution in [0.5, 0.6) is 0 Å². The van der Waals surface area contributed by atoms with Crippen molar-refractivity contribution in [3.8, 4) is 0 Å². The lowest BCUT2D eigenvalue weighted by molar-refractivity contribution is -0.137. The first-order valence-corrected chi connectivity index (χ1v) is 3.89. The Balaban J connectivity index is 3.88. The maximum Gasteiger partial charge on any atom is 0.330 e. The Labute approximate surface area is 75.6 Å². The molecular formula is C8H13FO4. The maximum atomic E-state index is 12.7. The minimum absolute atomic E-state index is 0.211. The first-order valence-electron chi connectivity index (χ1n) is 3.89. The number of aliphatic hydroxyl groups excluding tert-OH is 2. The largest absolute Gasteiger partial charge is 0.463 e. The molecule has 0 aromatic rings. The number of aliphatic hydroxyl groups is 2. The summed E-state index contributed by atoms with van der Waals surface area (Å²) in [6, 6.07) is 0. The summed E-state index contributed by atoms with van der Waals surface area (Å²) >= 11 is 0. The number of carbonyl (C=O) groups is 1. The molecule has 76 valence electrons. The minimum atomic E-state index is -1.76. The van der Waals surface area contributed by atoms with Gasteiger partial charge in [0.15, 0.2) is 0 Å².